The van der Waals surface area contributed by atoms with Gasteiger partial charge in [-0.3, -0.25) is 5.10 Å². The molecule has 4 rings (SSSR count). The third-order valence-corrected chi connectivity index (χ3v) is 6.70. The lowest BCUT2D eigenvalue weighted by molar-refractivity contribution is 0.306. The molecule has 2 aromatic heterocycles. The Bertz CT molecular complexity index is 1190. The number of rotatable bonds is 12. The number of aromatic amines is 1. The molecule has 176 valence electrons. The molecule has 8 nitrogen and oxygen atoms in total. The van der Waals surface area contributed by atoms with Gasteiger partial charge in [0, 0.05) is 11.8 Å². The van der Waals surface area contributed by atoms with E-state index in [2.05, 4.69) is 37.3 Å². The Morgan fingerprint density at radius 2 is 1.82 bits per heavy atom. The molecule has 0 aliphatic heterocycles. The second kappa shape index (κ2) is 12.3. The number of unbranched alkanes of at least 4 members (excludes halogenated alkanes) is 2. The molecular weight excluding hydrogens is 468 g/mol. The zero-order valence-corrected chi connectivity index (χ0v) is 20.7. The van der Waals surface area contributed by atoms with E-state index in [-0.39, 0.29) is 0 Å². The van der Waals surface area contributed by atoms with E-state index in [9.17, 15) is 0 Å². The van der Waals surface area contributed by atoms with Gasteiger partial charge in [0.05, 0.1) is 19.5 Å². The summed E-state index contributed by atoms with van der Waals surface area (Å²) in [4.78, 5) is 8.99. The molecule has 2 heterocycles. The van der Waals surface area contributed by atoms with E-state index in [0.29, 0.717) is 21.9 Å². The Morgan fingerprint density at radius 1 is 1.03 bits per heavy atom. The van der Waals surface area contributed by atoms with Crippen LogP contribution in [0.2, 0.25) is 0 Å². The number of nitrogens with one attached hydrogen (secondary N) is 1. The van der Waals surface area contributed by atoms with Crippen LogP contribution in [0.1, 0.15) is 36.8 Å². The second-order valence-corrected chi connectivity index (χ2v) is 9.33. The predicted molar refractivity (Wildman–Crippen MR) is 137 cm³/mol. The quantitative estimate of drug-likeness (QED) is 0.148. The Morgan fingerprint density at radius 3 is 2.59 bits per heavy atom. The van der Waals surface area contributed by atoms with Crippen LogP contribution in [0.5, 0.6) is 11.5 Å². The number of methoxy groups -OCH3 is 1. The second-order valence-electron chi connectivity index (χ2n) is 7.34. The average molecular weight is 495 g/mol. The zero-order chi connectivity index (χ0) is 23.6. The number of ether oxygens (including phenoxy) is 2. The number of benzene rings is 2. The van der Waals surface area contributed by atoms with E-state index in [1.807, 2.05) is 48.5 Å². The van der Waals surface area contributed by atoms with E-state index in [1.54, 1.807) is 13.3 Å². The van der Waals surface area contributed by atoms with Crippen molar-refractivity contribution in [3.63, 3.8) is 0 Å². The van der Waals surface area contributed by atoms with Crippen LogP contribution in [-0.4, -0.2) is 45.3 Å². The van der Waals surface area contributed by atoms with Gasteiger partial charge in [-0.1, -0.05) is 42.9 Å². The third-order valence-electron chi connectivity index (χ3n) is 4.83. The van der Waals surface area contributed by atoms with Gasteiger partial charge < -0.3 is 9.47 Å². The van der Waals surface area contributed by atoms with Crippen LogP contribution in [0.15, 0.2) is 58.7 Å². The van der Waals surface area contributed by atoms with Crippen LogP contribution >= 0.6 is 23.1 Å². The van der Waals surface area contributed by atoms with Crippen molar-refractivity contribution in [1.82, 2.24) is 25.4 Å². The van der Waals surface area contributed by atoms with Crippen LogP contribution in [0, 0.1) is 0 Å². The highest BCUT2D eigenvalue weighted by Crippen LogP contribution is 2.27. The number of aromatic nitrogens is 5. The molecule has 0 saturated heterocycles. The SMILES string of the molecule is CCCCCOc1ccc(/C=N/c2nnc(CSc3n[nH]c(-c4ccc(OC)cc4)n3)s2)cc1. The standard InChI is InChI=1S/C24H26N6O2S2/c1-3-4-5-14-32-20-10-6-17(7-11-20)15-25-23-29-27-21(34-23)16-33-24-26-22(28-30-24)18-8-12-19(31-2)13-9-18/h6-13,15H,3-5,14,16H2,1-2H3,(H,26,28,30)/b25-15+. The number of nitrogens with zero attached hydrogens (tertiary/aromatic N) is 5. The Kier molecular flexibility index (Phi) is 8.64. The summed E-state index contributed by atoms with van der Waals surface area (Å²) in [5, 5.41) is 17.8. The summed E-state index contributed by atoms with van der Waals surface area (Å²) in [5.74, 6) is 3.02. The fourth-order valence-electron chi connectivity index (χ4n) is 2.99. The predicted octanol–water partition coefficient (Wildman–Crippen LogP) is 5.94. The van der Waals surface area contributed by atoms with E-state index in [0.717, 1.165) is 40.7 Å². The van der Waals surface area contributed by atoms with Gasteiger partial charge in [0.2, 0.25) is 10.3 Å². The molecule has 0 spiro atoms. The van der Waals surface area contributed by atoms with E-state index in [1.165, 1.54) is 35.9 Å². The molecule has 0 unspecified atom stereocenters. The van der Waals surface area contributed by atoms with Crippen LogP contribution in [0.4, 0.5) is 5.13 Å². The van der Waals surface area contributed by atoms with Crippen molar-refractivity contribution in [3.8, 4) is 22.9 Å². The number of hydrogen-bond acceptors (Lipinski definition) is 9. The molecule has 0 aliphatic rings. The molecule has 0 saturated carbocycles. The lowest BCUT2D eigenvalue weighted by atomic mass is 10.2. The molecule has 10 heteroatoms. The smallest absolute Gasteiger partial charge is 0.231 e. The van der Waals surface area contributed by atoms with E-state index < -0.39 is 0 Å². The van der Waals surface area contributed by atoms with Crippen LogP contribution in [0.3, 0.4) is 0 Å². The Labute approximate surface area is 206 Å². The zero-order valence-electron chi connectivity index (χ0n) is 19.1. The van der Waals surface area contributed by atoms with Gasteiger partial charge in [-0.2, -0.15) is 0 Å². The van der Waals surface area contributed by atoms with E-state index in [4.69, 9.17) is 9.47 Å². The van der Waals surface area contributed by atoms with Crippen molar-refractivity contribution >= 4 is 34.4 Å². The van der Waals surface area contributed by atoms with Crippen molar-refractivity contribution in [2.45, 2.75) is 37.1 Å². The maximum absolute atomic E-state index is 5.74. The fraction of sp³-hybridized carbons (Fsp3) is 0.292. The third kappa shape index (κ3) is 6.88. The highest BCUT2D eigenvalue weighted by atomic mass is 32.2. The molecule has 0 radical (unpaired) electrons. The highest BCUT2D eigenvalue weighted by Gasteiger charge is 2.09. The molecular formula is C24H26N6O2S2. The molecule has 2 aromatic carbocycles. The maximum atomic E-state index is 5.74. The highest BCUT2D eigenvalue weighted by molar-refractivity contribution is 7.98. The first-order valence-corrected chi connectivity index (χ1v) is 12.8. The summed E-state index contributed by atoms with van der Waals surface area (Å²) in [7, 11) is 1.64. The summed E-state index contributed by atoms with van der Waals surface area (Å²) >= 11 is 2.95. The number of aliphatic imine (C=N–C) groups is 1. The molecule has 0 fully saturated rings. The van der Waals surface area contributed by atoms with Crippen LogP contribution in [0.25, 0.3) is 11.4 Å². The minimum Gasteiger partial charge on any atom is -0.497 e. The van der Waals surface area contributed by atoms with Gasteiger partial charge in [-0.15, -0.1) is 15.3 Å². The summed E-state index contributed by atoms with van der Waals surface area (Å²) in [6.45, 7) is 2.94. The first kappa shape index (κ1) is 23.9. The minimum absolute atomic E-state index is 0.615. The van der Waals surface area contributed by atoms with Crippen molar-refractivity contribution in [1.29, 1.82) is 0 Å². The normalized spacial score (nSPS) is 11.2. The van der Waals surface area contributed by atoms with Crippen molar-refractivity contribution < 1.29 is 9.47 Å². The number of hydrogen-bond donors (Lipinski definition) is 1. The summed E-state index contributed by atoms with van der Waals surface area (Å²) in [5.41, 5.74) is 1.93. The summed E-state index contributed by atoms with van der Waals surface area (Å²) < 4.78 is 10.9. The van der Waals surface area contributed by atoms with Gasteiger partial charge in [-0.05, 0) is 60.5 Å². The summed E-state index contributed by atoms with van der Waals surface area (Å²) in [6, 6.07) is 15.6. The number of thioether (sulfide) groups is 1. The minimum atomic E-state index is 0.615. The van der Waals surface area contributed by atoms with Crippen molar-refractivity contribution in [2.24, 2.45) is 4.99 Å². The Balaban J connectivity index is 1.27. The van der Waals surface area contributed by atoms with Crippen molar-refractivity contribution in [3.05, 3.63) is 59.1 Å². The first-order chi connectivity index (χ1) is 16.7. The Hall–Kier alpha value is -3.24. The summed E-state index contributed by atoms with van der Waals surface area (Å²) in [6.07, 6.45) is 5.25. The molecule has 0 aliphatic carbocycles. The van der Waals surface area contributed by atoms with E-state index >= 15 is 0 Å². The number of H-pyrrole nitrogens is 1. The maximum Gasteiger partial charge on any atom is 0.231 e. The van der Waals surface area contributed by atoms with Gasteiger partial charge in [0.15, 0.2) is 5.82 Å². The molecule has 1 N–H and O–H groups in total. The van der Waals surface area contributed by atoms with Gasteiger partial charge >= 0.3 is 0 Å². The first-order valence-electron chi connectivity index (χ1n) is 11.0. The molecule has 4 aromatic rings. The van der Waals surface area contributed by atoms with Crippen LogP contribution in [-0.2, 0) is 5.75 Å². The van der Waals surface area contributed by atoms with Gasteiger partial charge in [0.25, 0.3) is 0 Å². The lowest BCUT2D eigenvalue weighted by Crippen LogP contribution is -1.96. The largest absolute Gasteiger partial charge is 0.497 e. The lowest BCUT2D eigenvalue weighted by Gasteiger charge is -2.05. The van der Waals surface area contributed by atoms with Crippen molar-refractivity contribution in [2.75, 3.05) is 13.7 Å². The average Bonchev–Trinajstić information content (AvgIpc) is 3.54. The van der Waals surface area contributed by atoms with Gasteiger partial charge in [0.1, 0.15) is 16.5 Å². The fourth-order valence-corrected chi connectivity index (χ4v) is 4.46. The van der Waals surface area contributed by atoms with Crippen LogP contribution < -0.4 is 9.47 Å². The van der Waals surface area contributed by atoms with Gasteiger partial charge in [-0.25, -0.2) is 9.98 Å². The molecule has 0 atom stereocenters. The molecule has 34 heavy (non-hydrogen) atoms. The molecule has 0 bridgehead atoms. The monoisotopic (exact) mass is 494 g/mol. The topological polar surface area (TPSA) is 98.2 Å². The molecule has 0 amide bonds.